The molecule has 0 aliphatic carbocycles. The van der Waals surface area contributed by atoms with Crippen molar-refractivity contribution in [2.75, 3.05) is 6.54 Å². The molecule has 210 valence electrons. The maximum Gasteiger partial charge on any atom is 0.362 e. The second kappa shape index (κ2) is 20.2. The Hall–Kier alpha value is -1.89. The Labute approximate surface area is 219 Å². The Morgan fingerprint density at radius 3 is 1.22 bits per heavy atom. The SMILES string of the molecule is CCCCCC/C=C/CCCCCCCCC[N+](C(CC)C(=O)O)(C(CC)C(=O)O)C(CC)C(=O)O. The third-order valence-corrected chi connectivity index (χ3v) is 7.56. The van der Waals surface area contributed by atoms with E-state index in [0.717, 1.165) is 32.1 Å². The van der Waals surface area contributed by atoms with Gasteiger partial charge in [0.05, 0.1) is 6.54 Å². The van der Waals surface area contributed by atoms with Crippen LogP contribution in [0.3, 0.4) is 0 Å². The van der Waals surface area contributed by atoms with E-state index in [0.29, 0.717) is 6.42 Å². The molecule has 7 heteroatoms. The first kappa shape index (κ1) is 34.1. The molecular formula is C29H54NO6+. The molecule has 0 heterocycles. The molecule has 0 rings (SSSR count). The van der Waals surface area contributed by atoms with Gasteiger partial charge in [-0.15, -0.1) is 0 Å². The van der Waals surface area contributed by atoms with Crippen molar-refractivity contribution in [1.82, 2.24) is 0 Å². The molecule has 36 heavy (non-hydrogen) atoms. The summed E-state index contributed by atoms with van der Waals surface area (Å²) in [6, 6.07) is -3.19. The fourth-order valence-corrected chi connectivity index (χ4v) is 5.74. The van der Waals surface area contributed by atoms with Gasteiger partial charge in [-0.2, -0.15) is 0 Å². The van der Waals surface area contributed by atoms with E-state index in [2.05, 4.69) is 19.1 Å². The lowest BCUT2D eigenvalue weighted by atomic mass is 9.93. The molecule has 0 saturated heterocycles. The van der Waals surface area contributed by atoms with Crippen molar-refractivity contribution < 1.29 is 34.2 Å². The van der Waals surface area contributed by atoms with E-state index in [1.165, 1.54) is 44.9 Å². The molecule has 0 radical (unpaired) electrons. The van der Waals surface area contributed by atoms with Gasteiger partial charge in [-0.25, -0.2) is 14.4 Å². The number of allylic oxidation sites excluding steroid dienone is 2. The predicted molar refractivity (Wildman–Crippen MR) is 145 cm³/mol. The van der Waals surface area contributed by atoms with E-state index in [1.54, 1.807) is 20.8 Å². The maximum atomic E-state index is 12.2. The molecule has 0 saturated carbocycles. The number of carbonyl (C=O) groups is 3. The van der Waals surface area contributed by atoms with E-state index >= 15 is 0 Å². The summed E-state index contributed by atoms with van der Waals surface area (Å²) in [7, 11) is 0. The zero-order valence-corrected chi connectivity index (χ0v) is 23.4. The van der Waals surface area contributed by atoms with E-state index in [9.17, 15) is 29.7 Å². The van der Waals surface area contributed by atoms with Gasteiger partial charge in [-0.3, -0.25) is 4.48 Å². The minimum Gasteiger partial charge on any atom is -0.477 e. The van der Waals surface area contributed by atoms with Crippen LogP contribution in [0.25, 0.3) is 0 Å². The number of hydrogen-bond acceptors (Lipinski definition) is 3. The summed E-state index contributed by atoms with van der Waals surface area (Å²) in [5, 5.41) is 29.9. The van der Waals surface area contributed by atoms with Crippen LogP contribution in [0, 0.1) is 0 Å². The number of carboxylic acid groups (broad SMARTS) is 3. The molecule has 3 atom stereocenters. The summed E-state index contributed by atoms with van der Waals surface area (Å²) in [4.78, 5) is 36.7. The summed E-state index contributed by atoms with van der Waals surface area (Å²) in [5.41, 5.74) is 0. The van der Waals surface area contributed by atoms with Gasteiger partial charge >= 0.3 is 17.9 Å². The van der Waals surface area contributed by atoms with Gasteiger partial charge in [0.2, 0.25) is 0 Å². The Bertz CT molecular complexity index is 593. The van der Waals surface area contributed by atoms with Crippen LogP contribution in [-0.2, 0) is 14.4 Å². The van der Waals surface area contributed by atoms with Crippen LogP contribution in [0.4, 0.5) is 0 Å². The number of quaternary nitrogens is 1. The fourth-order valence-electron chi connectivity index (χ4n) is 5.74. The highest BCUT2D eigenvalue weighted by molar-refractivity contribution is 5.78. The number of carboxylic acids is 3. The highest BCUT2D eigenvalue weighted by Crippen LogP contribution is 2.32. The summed E-state index contributed by atoms with van der Waals surface area (Å²) in [5.74, 6) is -3.36. The van der Waals surface area contributed by atoms with Crippen molar-refractivity contribution in [3.8, 4) is 0 Å². The monoisotopic (exact) mass is 512 g/mol. The molecule has 0 amide bonds. The van der Waals surface area contributed by atoms with E-state index in [-0.39, 0.29) is 25.8 Å². The lowest BCUT2D eigenvalue weighted by molar-refractivity contribution is -0.973. The number of hydrogen-bond donors (Lipinski definition) is 3. The second-order valence-corrected chi connectivity index (χ2v) is 10.1. The van der Waals surface area contributed by atoms with E-state index < -0.39 is 40.5 Å². The molecule has 0 fully saturated rings. The van der Waals surface area contributed by atoms with Gasteiger partial charge in [0.1, 0.15) is 0 Å². The summed E-state index contributed by atoms with van der Waals surface area (Å²) < 4.78 is -0.408. The van der Waals surface area contributed by atoms with Gasteiger partial charge in [-0.05, 0) is 38.5 Å². The second-order valence-electron chi connectivity index (χ2n) is 10.1. The van der Waals surface area contributed by atoms with Crippen molar-refractivity contribution >= 4 is 17.9 Å². The van der Waals surface area contributed by atoms with Gasteiger partial charge in [0.15, 0.2) is 18.1 Å². The molecule has 3 N–H and O–H groups in total. The topological polar surface area (TPSA) is 112 Å². The Balaban J connectivity index is 4.88. The summed E-state index contributed by atoms with van der Waals surface area (Å²) in [6.45, 7) is 7.60. The molecule has 0 spiro atoms. The molecule has 0 aromatic carbocycles. The summed E-state index contributed by atoms with van der Waals surface area (Å²) in [6.07, 6.45) is 19.8. The van der Waals surface area contributed by atoms with Gasteiger partial charge in [-0.1, -0.05) is 84.8 Å². The standard InChI is InChI=1S/C29H53NO6/c1-5-9-10-11-12-13-14-15-16-17-18-19-20-21-22-23-30(24(6-2)27(31)32,25(7-3)28(33)34)26(8-4)29(35)36/h13-14,24-26H,5-12,15-23H2,1-4H3,(H2-,31,32,33,34,35,36)/p+1/b14-13+. The zero-order chi connectivity index (χ0) is 27.4. The first-order valence-corrected chi connectivity index (χ1v) is 14.4. The average molecular weight is 513 g/mol. The molecule has 0 aliphatic heterocycles. The molecule has 0 aromatic rings. The quantitative estimate of drug-likeness (QED) is 0.0726. The van der Waals surface area contributed by atoms with Crippen LogP contribution in [0.2, 0.25) is 0 Å². The highest BCUT2D eigenvalue weighted by atomic mass is 16.4. The van der Waals surface area contributed by atoms with Crippen molar-refractivity contribution in [2.24, 2.45) is 0 Å². The minimum atomic E-state index is -1.12. The van der Waals surface area contributed by atoms with Crippen molar-refractivity contribution in [3.63, 3.8) is 0 Å². The van der Waals surface area contributed by atoms with Gasteiger partial charge in [0.25, 0.3) is 0 Å². The summed E-state index contributed by atoms with van der Waals surface area (Å²) >= 11 is 0. The average Bonchev–Trinajstić information content (AvgIpc) is 2.82. The first-order valence-electron chi connectivity index (χ1n) is 14.4. The third kappa shape index (κ3) is 11.4. The number of rotatable bonds is 24. The molecule has 0 aliphatic rings. The Morgan fingerprint density at radius 1 is 0.556 bits per heavy atom. The van der Waals surface area contributed by atoms with Crippen LogP contribution in [0.15, 0.2) is 12.2 Å². The molecule has 0 aromatic heterocycles. The van der Waals surface area contributed by atoms with E-state index in [4.69, 9.17) is 0 Å². The minimum absolute atomic E-state index is 0.191. The van der Waals surface area contributed by atoms with Crippen molar-refractivity contribution in [1.29, 1.82) is 0 Å². The lowest BCUT2D eigenvalue weighted by Gasteiger charge is -2.49. The van der Waals surface area contributed by atoms with Crippen LogP contribution < -0.4 is 0 Å². The lowest BCUT2D eigenvalue weighted by Crippen LogP contribution is -2.72. The highest BCUT2D eigenvalue weighted by Gasteiger charge is 2.55. The van der Waals surface area contributed by atoms with Crippen LogP contribution >= 0.6 is 0 Å². The molecular weight excluding hydrogens is 458 g/mol. The molecule has 7 nitrogen and oxygen atoms in total. The Morgan fingerprint density at radius 2 is 0.889 bits per heavy atom. The normalized spacial score (nSPS) is 15.9. The maximum absolute atomic E-state index is 12.2. The van der Waals surface area contributed by atoms with E-state index in [1.807, 2.05) is 0 Å². The zero-order valence-electron chi connectivity index (χ0n) is 23.4. The molecule has 3 unspecified atom stereocenters. The fraction of sp³-hybridized carbons (Fsp3) is 0.828. The Kier molecular flexibility index (Phi) is 19.1. The van der Waals surface area contributed by atoms with Crippen molar-refractivity contribution in [3.05, 3.63) is 12.2 Å². The van der Waals surface area contributed by atoms with Gasteiger partial charge < -0.3 is 15.3 Å². The number of nitrogens with zero attached hydrogens (tertiary/aromatic N) is 1. The van der Waals surface area contributed by atoms with Crippen molar-refractivity contribution in [2.45, 2.75) is 149 Å². The first-order chi connectivity index (χ1) is 17.2. The largest absolute Gasteiger partial charge is 0.477 e. The predicted octanol–water partition coefficient (Wildman–Crippen LogP) is 7.04. The van der Waals surface area contributed by atoms with Crippen LogP contribution in [-0.4, -0.2) is 62.4 Å². The number of unbranched alkanes of at least 4 members (excludes halogenated alkanes) is 11. The smallest absolute Gasteiger partial charge is 0.362 e. The molecule has 0 bridgehead atoms. The third-order valence-electron chi connectivity index (χ3n) is 7.56. The van der Waals surface area contributed by atoms with Crippen LogP contribution in [0.5, 0.6) is 0 Å². The number of aliphatic carboxylic acids is 3. The van der Waals surface area contributed by atoms with Crippen LogP contribution in [0.1, 0.15) is 130 Å². The van der Waals surface area contributed by atoms with Gasteiger partial charge in [0, 0.05) is 19.3 Å².